The molecule has 1 heterocycles. The number of benzene rings is 1. The Labute approximate surface area is 236 Å². The highest BCUT2D eigenvalue weighted by Crippen LogP contribution is 2.36. The molecule has 1 aromatic carbocycles. The molecule has 0 aliphatic heterocycles. The van der Waals surface area contributed by atoms with Gasteiger partial charge in [-0.15, -0.1) is 11.3 Å². The summed E-state index contributed by atoms with van der Waals surface area (Å²) in [5.74, 6) is -0.827. The van der Waals surface area contributed by atoms with E-state index in [2.05, 4.69) is 44.2 Å². The molecular formula is C28H43FN2O6SSi. The molecule has 1 N–H and O–H groups in total. The third kappa shape index (κ3) is 10.5. The summed E-state index contributed by atoms with van der Waals surface area (Å²) in [4.78, 5) is 29.1. The van der Waals surface area contributed by atoms with Crippen molar-refractivity contribution in [1.82, 2.24) is 4.98 Å². The molecule has 39 heavy (non-hydrogen) atoms. The molecule has 1 aromatic heterocycles. The van der Waals surface area contributed by atoms with Crippen LogP contribution in [0.2, 0.25) is 18.1 Å². The zero-order valence-electron chi connectivity index (χ0n) is 24.7. The van der Waals surface area contributed by atoms with Gasteiger partial charge in [-0.25, -0.2) is 19.0 Å². The number of halogens is 1. The standard InChI is InChI=1S/C28H43FN2O6SSi/c1-27(2,3)37-26(33)31-25-30-23(24(32)34-7)22(38-25)13-11-16-35-21-15-14-19(18-20(21)29)12-10-17-36-39(8,9)28(4,5)6/h14-15,18H,10-13,16-17H2,1-9H3,(H,30,31,33). The number of thiazole rings is 1. The molecular weight excluding hydrogens is 539 g/mol. The van der Waals surface area contributed by atoms with Crippen molar-refractivity contribution < 1.29 is 32.6 Å². The summed E-state index contributed by atoms with van der Waals surface area (Å²) in [6, 6.07) is 5.03. The Morgan fingerprint density at radius 3 is 2.31 bits per heavy atom. The van der Waals surface area contributed by atoms with Crippen molar-refractivity contribution in [3.8, 4) is 5.75 Å². The van der Waals surface area contributed by atoms with E-state index in [1.165, 1.54) is 13.2 Å². The van der Waals surface area contributed by atoms with E-state index in [-0.39, 0.29) is 28.2 Å². The van der Waals surface area contributed by atoms with Crippen LogP contribution in [0.15, 0.2) is 18.2 Å². The van der Waals surface area contributed by atoms with Crippen LogP contribution in [0, 0.1) is 5.82 Å². The molecule has 218 valence electrons. The summed E-state index contributed by atoms with van der Waals surface area (Å²) in [5.41, 5.74) is 0.358. The van der Waals surface area contributed by atoms with Crippen LogP contribution in [0.4, 0.5) is 14.3 Å². The smallest absolute Gasteiger partial charge is 0.413 e. The number of aromatic nitrogens is 1. The molecule has 11 heteroatoms. The van der Waals surface area contributed by atoms with Crippen LogP contribution in [0.5, 0.6) is 5.75 Å². The molecule has 0 fully saturated rings. The number of methoxy groups -OCH3 is 1. The first kappa shape index (κ1) is 32.7. The Kier molecular flexibility index (Phi) is 11.5. The third-order valence-corrected chi connectivity index (χ3v) is 11.9. The number of ether oxygens (including phenoxy) is 3. The monoisotopic (exact) mass is 582 g/mol. The quantitative estimate of drug-likeness (QED) is 0.158. The lowest BCUT2D eigenvalue weighted by Crippen LogP contribution is -2.41. The number of hydrogen-bond donors (Lipinski definition) is 1. The molecule has 1 amide bonds. The molecule has 8 nitrogen and oxygen atoms in total. The van der Waals surface area contributed by atoms with Gasteiger partial charge in [0, 0.05) is 11.5 Å². The summed E-state index contributed by atoms with van der Waals surface area (Å²) in [7, 11) is -0.513. The first-order valence-corrected chi connectivity index (χ1v) is 16.9. The van der Waals surface area contributed by atoms with Crippen LogP contribution < -0.4 is 10.1 Å². The van der Waals surface area contributed by atoms with Crippen LogP contribution in [0.1, 0.15) is 75.3 Å². The van der Waals surface area contributed by atoms with E-state index < -0.39 is 31.8 Å². The van der Waals surface area contributed by atoms with Gasteiger partial charge >= 0.3 is 12.1 Å². The van der Waals surface area contributed by atoms with E-state index in [0.717, 1.165) is 29.7 Å². The van der Waals surface area contributed by atoms with Crippen molar-refractivity contribution >= 4 is 36.8 Å². The van der Waals surface area contributed by atoms with E-state index in [4.69, 9.17) is 18.6 Å². The Morgan fingerprint density at radius 2 is 1.72 bits per heavy atom. The first-order chi connectivity index (χ1) is 18.0. The van der Waals surface area contributed by atoms with Gasteiger partial charge in [-0.2, -0.15) is 0 Å². The topological polar surface area (TPSA) is 96.0 Å². The lowest BCUT2D eigenvalue weighted by Gasteiger charge is -2.36. The van der Waals surface area contributed by atoms with E-state index in [0.29, 0.717) is 24.3 Å². The number of nitrogens with zero attached hydrogens (tertiary/aromatic N) is 1. The zero-order valence-corrected chi connectivity index (χ0v) is 26.5. The van der Waals surface area contributed by atoms with Crippen molar-refractivity contribution in [2.75, 3.05) is 25.6 Å². The lowest BCUT2D eigenvalue weighted by molar-refractivity contribution is 0.0589. The van der Waals surface area contributed by atoms with Crippen LogP contribution in [-0.2, 0) is 26.7 Å². The second-order valence-corrected chi connectivity index (χ2v) is 17.7. The van der Waals surface area contributed by atoms with Gasteiger partial charge in [0.2, 0.25) is 0 Å². The van der Waals surface area contributed by atoms with Crippen molar-refractivity contribution in [3.63, 3.8) is 0 Å². The Balaban J connectivity index is 1.88. The molecule has 0 aliphatic rings. The molecule has 0 atom stereocenters. The van der Waals surface area contributed by atoms with Gasteiger partial charge in [-0.05, 0) is 82.3 Å². The van der Waals surface area contributed by atoms with E-state index in [1.54, 1.807) is 26.8 Å². The summed E-state index contributed by atoms with van der Waals surface area (Å²) in [5, 5.41) is 2.95. The van der Waals surface area contributed by atoms with Gasteiger partial charge in [0.25, 0.3) is 0 Å². The average molecular weight is 583 g/mol. The fourth-order valence-electron chi connectivity index (χ4n) is 3.27. The highest BCUT2D eigenvalue weighted by molar-refractivity contribution is 7.16. The highest BCUT2D eigenvalue weighted by atomic mass is 32.1. The molecule has 0 saturated heterocycles. The predicted molar refractivity (Wildman–Crippen MR) is 155 cm³/mol. The maximum Gasteiger partial charge on any atom is 0.413 e. The van der Waals surface area contributed by atoms with E-state index in [1.807, 2.05) is 6.07 Å². The number of carbonyl (C=O) groups is 2. The number of aryl methyl sites for hydroxylation is 2. The van der Waals surface area contributed by atoms with Gasteiger partial charge in [0.1, 0.15) is 5.60 Å². The number of carbonyl (C=O) groups excluding carboxylic acids is 2. The Morgan fingerprint density at radius 1 is 1.05 bits per heavy atom. The number of rotatable bonds is 12. The SMILES string of the molecule is COC(=O)c1nc(NC(=O)OC(C)(C)C)sc1CCCOc1ccc(CCCO[Si](C)(C)C(C)(C)C)cc1F. The van der Waals surface area contributed by atoms with Crippen molar-refractivity contribution in [1.29, 1.82) is 0 Å². The molecule has 2 rings (SSSR count). The summed E-state index contributed by atoms with van der Waals surface area (Å²) < 4.78 is 36.6. The minimum absolute atomic E-state index is 0.127. The third-order valence-electron chi connectivity index (χ3n) is 6.36. The van der Waals surface area contributed by atoms with Crippen molar-refractivity contribution in [3.05, 3.63) is 40.2 Å². The first-order valence-electron chi connectivity index (χ1n) is 13.2. The molecule has 0 unspecified atom stereocenters. The largest absolute Gasteiger partial charge is 0.491 e. The highest BCUT2D eigenvalue weighted by Gasteiger charge is 2.36. The average Bonchev–Trinajstić information content (AvgIpc) is 3.20. The van der Waals surface area contributed by atoms with Crippen molar-refractivity contribution in [2.45, 2.75) is 91.0 Å². The van der Waals surface area contributed by atoms with Gasteiger partial charge in [0.15, 0.2) is 30.7 Å². The van der Waals surface area contributed by atoms with Gasteiger partial charge in [-0.3, -0.25) is 5.32 Å². The maximum absolute atomic E-state index is 14.6. The minimum atomic E-state index is -1.78. The van der Waals surface area contributed by atoms with Crippen LogP contribution in [0.3, 0.4) is 0 Å². The minimum Gasteiger partial charge on any atom is -0.491 e. The predicted octanol–water partition coefficient (Wildman–Crippen LogP) is 7.38. The number of anilines is 1. The molecule has 0 aliphatic carbocycles. The number of esters is 1. The fourth-order valence-corrected chi connectivity index (χ4v) is 5.34. The van der Waals surface area contributed by atoms with Crippen LogP contribution in [0.25, 0.3) is 0 Å². The number of hydrogen-bond acceptors (Lipinski definition) is 8. The second-order valence-electron chi connectivity index (χ2n) is 11.8. The number of amides is 1. The zero-order chi connectivity index (χ0) is 29.4. The van der Waals surface area contributed by atoms with Crippen molar-refractivity contribution in [2.24, 2.45) is 0 Å². The fraction of sp³-hybridized carbons (Fsp3) is 0.607. The lowest BCUT2D eigenvalue weighted by atomic mass is 10.1. The van der Waals surface area contributed by atoms with Gasteiger partial charge in [-0.1, -0.05) is 26.8 Å². The summed E-state index contributed by atoms with van der Waals surface area (Å²) >= 11 is 1.16. The number of nitrogens with one attached hydrogen (secondary N) is 1. The second kappa shape index (κ2) is 13.7. The normalized spacial score (nSPS) is 12.3. The summed E-state index contributed by atoms with van der Waals surface area (Å²) in [6.45, 7) is 17.2. The maximum atomic E-state index is 14.6. The Bertz CT molecular complexity index is 1120. The Hall–Kier alpha value is -2.50. The van der Waals surface area contributed by atoms with Crippen LogP contribution >= 0.6 is 11.3 Å². The molecule has 0 radical (unpaired) electrons. The molecule has 0 bridgehead atoms. The van der Waals surface area contributed by atoms with Gasteiger partial charge < -0.3 is 18.6 Å². The van der Waals surface area contributed by atoms with E-state index in [9.17, 15) is 14.0 Å². The molecule has 0 spiro atoms. The molecule has 0 saturated carbocycles. The van der Waals surface area contributed by atoms with E-state index >= 15 is 0 Å². The summed E-state index contributed by atoms with van der Waals surface area (Å²) in [6.07, 6.45) is 1.84. The molecule has 2 aromatic rings. The van der Waals surface area contributed by atoms with Gasteiger partial charge in [0.05, 0.1) is 13.7 Å². The van der Waals surface area contributed by atoms with Crippen LogP contribution in [-0.4, -0.2) is 51.3 Å².